The molecule has 0 radical (unpaired) electrons. The molecular weight excluding hydrogens is 215 g/mol. The molecule has 4 nitrogen and oxygen atoms in total. The fourth-order valence-corrected chi connectivity index (χ4v) is 1.12. The zero-order chi connectivity index (χ0) is 12.1. The van der Waals surface area contributed by atoms with Crippen LogP contribution in [0.2, 0.25) is 0 Å². The monoisotopic (exact) mass is 226 g/mol. The molecular formula is C11H11FO4. The lowest BCUT2D eigenvalue weighted by atomic mass is 10.2. The van der Waals surface area contributed by atoms with Gasteiger partial charge in [-0.25, -0.2) is 9.18 Å². The summed E-state index contributed by atoms with van der Waals surface area (Å²) >= 11 is 0. The van der Waals surface area contributed by atoms with E-state index in [1.165, 1.54) is 20.1 Å². The molecule has 0 spiro atoms. The summed E-state index contributed by atoms with van der Waals surface area (Å²) in [6.45, 7) is 1.48. The van der Waals surface area contributed by atoms with Crippen LogP contribution in [0.4, 0.5) is 4.39 Å². The number of methoxy groups -OCH3 is 1. The Bertz CT molecular complexity index is 403. The number of benzene rings is 1. The number of aldehydes is 1. The standard InChI is InChI=1S/C11H11FO4/c1-7(11(14)15-2)16-10-4-3-9(12)5-8(10)6-13/h3-7H,1-2H3. The number of carbonyl (C=O) groups excluding carboxylic acids is 2. The van der Waals surface area contributed by atoms with Crippen molar-refractivity contribution >= 4 is 12.3 Å². The topological polar surface area (TPSA) is 52.6 Å². The van der Waals surface area contributed by atoms with Crippen molar-refractivity contribution in [1.29, 1.82) is 0 Å². The normalized spacial score (nSPS) is 11.7. The lowest BCUT2D eigenvalue weighted by molar-refractivity contribution is -0.147. The van der Waals surface area contributed by atoms with Gasteiger partial charge in [0.2, 0.25) is 0 Å². The molecule has 0 heterocycles. The van der Waals surface area contributed by atoms with E-state index in [1.54, 1.807) is 0 Å². The molecule has 1 rings (SSSR count). The van der Waals surface area contributed by atoms with Gasteiger partial charge in [-0.15, -0.1) is 0 Å². The van der Waals surface area contributed by atoms with Gasteiger partial charge in [-0.05, 0) is 25.1 Å². The Morgan fingerprint density at radius 1 is 1.50 bits per heavy atom. The Morgan fingerprint density at radius 2 is 2.19 bits per heavy atom. The summed E-state index contributed by atoms with van der Waals surface area (Å²) in [6, 6.07) is 3.47. The van der Waals surface area contributed by atoms with Gasteiger partial charge >= 0.3 is 5.97 Å². The summed E-state index contributed by atoms with van der Waals surface area (Å²) in [7, 11) is 1.23. The molecule has 86 valence electrons. The van der Waals surface area contributed by atoms with Crippen LogP contribution in [0, 0.1) is 5.82 Å². The van der Waals surface area contributed by atoms with Crippen LogP contribution in [-0.2, 0) is 9.53 Å². The fraction of sp³-hybridized carbons (Fsp3) is 0.273. The predicted molar refractivity (Wildman–Crippen MR) is 53.9 cm³/mol. The lowest BCUT2D eigenvalue weighted by Crippen LogP contribution is -2.25. The Kier molecular flexibility index (Phi) is 3.99. The van der Waals surface area contributed by atoms with Crippen LogP contribution in [-0.4, -0.2) is 25.5 Å². The summed E-state index contributed by atoms with van der Waals surface area (Å²) in [4.78, 5) is 21.7. The Labute approximate surface area is 92.0 Å². The molecule has 1 atom stereocenters. The zero-order valence-electron chi connectivity index (χ0n) is 8.90. The molecule has 0 N–H and O–H groups in total. The third-order valence-electron chi connectivity index (χ3n) is 1.94. The zero-order valence-corrected chi connectivity index (χ0v) is 8.90. The van der Waals surface area contributed by atoms with Crippen LogP contribution in [0.25, 0.3) is 0 Å². The molecule has 0 aliphatic rings. The van der Waals surface area contributed by atoms with E-state index >= 15 is 0 Å². The summed E-state index contributed by atoms with van der Waals surface area (Å²) < 4.78 is 22.4. The van der Waals surface area contributed by atoms with Gasteiger partial charge in [0.1, 0.15) is 11.6 Å². The van der Waals surface area contributed by atoms with Gasteiger partial charge in [0.25, 0.3) is 0 Å². The SMILES string of the molecule is COC(=O)C(C)Oc1ccc(F)cc1C=O. The highest BCUT2D eigenvalue weighted by molar-refractivity contribution is 5.80. The molecule has 0 aliphatic heterocycles. The summed E-state index contributed by atoms with van der Waals surface area (Å²) in [5, 5.41) is 0. The number of esters is 1. The van der Waals surface area contributed by atoms with Crippen LogP contribution in [0.3, 0.4) is 0 Å². The summed E-state index contributed by atoms with van der Waals surface area (Å²) in [5.74, 6) is -0.962. The van der Waals surface area contributed by atoms with E-state index in [9.17, 15) is 14.0 Å². The lowest BCUT2D eigenvalue weighted by Gasteiger charge is -2.13. The van der Waals surface area contributed by atoms with Gasteiger partial charge in [0.05, 0.1) is 12.7 Å². The summed E-state index contributed by atoms with van der Waals surface area (Å²) in [5.41, 5.74) is 0.0516. The second-order valence-electron chi connectivity index (χ2n) is 3.08. The van der Waals surface area contributed by atoms with Gasteiger partial charge in [0.15, 0.2) is 12.4 Å². The van der Waals surface area contributed by atoms with Crippen molar-refractivity contribution in [3.05, 3.63) is 29.6 Å². The first-order chi connectivity index (χ1) is 7.58. The first-order valence-electron chi connectivity index (χ1n) is 4.57. The minimum absolute atomic E-state index is 0.0516. The molecule has 0 saturated carbocycles. The van der Waals surface area contributed by atoms with E-state index in [0.717, 1.165) is 12.1 Å². The van der Waals surface area contributed by atoms with Crippen LogP contribution >= 0.6 is 0 Å². The van der Waals surface area contributed by atoms with Crippen molar-refractivity contribution in [2.75, 3.05) is 7.11 Å². The molecule has 0 fully saturated rings. The second-order valence-corrected chi connectivity index (χ2v) is 3.08. The van der Waals surface area contributed by atoms with Crippen LogP contribution in [0.15, 0.2) is 18.2 Å². The minimum Gasteiger partial charge on any atom is -0.478 e. The average molecular weight is 226 g/mol. The van der Waals surface area contributed by atoms with Gasteiger partial charge in [-0.2, -0.15) is 0 Å². The molecule has 0 bridgehead atoms. The first kappa shape index (κ1) is 12.2. The maximum absolute atomic E-state index is 12.8. The van der Waals surface area contributed by atoms with Crippen molar-refractivity contribution < 1.29 is 23.5 Å². The van der Waals surface area contributed by atoms with Crippen LogP contribution in [0.5, 0.6) is 5.75 Å². The predicted octanol–water partition coefficient (Wildman–Crippen LogP) is 1.58. The highest BCUT2D eigenvalue weighted by Crippen LogP contribution is 2.19. The molecule has 0 aromatic heterocycles. The minimum atomic E-state index is -0.853. The number of hydrogen-bond acceptors (Lipinski definition) is 4. The molecule has 0 saturated heterocycles. The van der Waals surface area contributed by atoms with Gasteiger partial charge in [-0.3, -0.25) is 4.79 Å². The highest BCUT2D eigenvalue weighted by Gasteiger charge is 2.16. The van der Waals surface area contributed by atoms with Gasteiger partial charge < -0.3 is 9.47 Å². The van der Waals surface area contributed by atoms with Crippen LogP contribution < -0.4 is 4.74 Å². The van der Waals surface area contributed by atoms with E-state index in [-0.39, 0.29) is 11.3 Å². The van der Waals surface area contributed by atoms with Crippen molar-refractivity contribution in [2.45, 2.75) is 13.0 Å². The molecule has 1 unspecified atom stereocenters. The maximum atomic E-state index is 12.8. The first-order valence-corrected chi connectivity index (χ1v) is 4.57. The molecule has 1 aromatic rings. The Hall–Kier alpha value is -1.91. The molecule has 5 heteroatoms. The van der Waals surface area contributed by atoms with E-state index in [1.807, 2.05) is 0 Å². The van der Waals surface area contributed by atoms with E-state index < -0.39 is 17.9 Å². The number of carbonyl (C=O) groups is 2. The molecule has 1 aromatic carbocycles. The second kappa shape index (κ2) is 5.25. The number of rotatable bonds is 4. The smallest absolute Gasteiger partial charge is 0.346 e. The van der Waals surface area contributed by atoms with E-state index in [0.29, 0.717) is 6.29 Å². The maximum Gasteiger partial charge on any atom is 0.346 e. The van der Waals surface area contributed by atoms with Crippen molar-refractivity contribution in [1.82, 2.24) is 0 Å². The van der Waals surface area contributed by atoms with Crippen LogP contribution in [0.1, 0.15) is 17.3 Å². The van der Waals surface area contributed by atoms with Crippen molar-refractivity contribution in [2.24, 2.45) is 0 Å². The average Bonchev–Trinajstić information content (AvgIpc) is 2.30. The summed E-state index contributed by atoms with van der Waals surface area (Å²) in [6.07, 6.45) is -0.392. The Morgan fingerprint density at radius 3 is 2.75 bits per heavy atom. The third-order valence-corrected chi connectivity index (χ3v) is 1.94. The number of halogens is 1. The third kappa shape index (κ3) is 2.79. The van der Waals surface area contributed by atoms with Crippen molar-refractivity contribution in [3.8, 4) is 5.75 Å². The molecule has 16 heavy (non-hydrogen) atoms. The van der Waals surface area contributed by atoms with E-state index in [2.05, 4.69) is 4.74 Å². The van der Waals surface area contributed by atoms with Crippen molar-refractivity contribution in [3.63, 3.8) is 0 Å². The number of ether oxygens (including phenoxy) is 2. The fourth-order valence-electron chi connectivity index (χ4n) is 1.12. The van der Waals surface area contributed by atoms with Gasteiger partial charge in [0, 0.05) is 0 Å². The highest BCUT2D eigenvalue weighted by atomic mass is 19.1. The van der Waals surface area contributed by atoms with Gasteiger partial charge in [-0.1, -0.05) is 0 Å². The quantitative estimate of drug-likeness (QED) is 0.577. The number of hydrogen-bond donors (Lipinski definition) is 0. The Balaban J connectivity index is 2.88. The molecule has 0 amide bonds. The molecule has 0 aliphatic carbocycles. The largest absolute Gasteiger partial charge is 0.478 e. The van der Waals surface area contributed by atoms with E-state index in [4.69, 9.17) is 4.74 Å².